The van der Waals surface area contributed by atoms with E-state index < -0.39 is 0 Å². The number of piperidine rings is 1. The molecule has 0 spiro atoms. The van der Waals surface area contributed by atoms with Crippen LogP contribution < -0.4 is 15.5 Å². The Balaban J connectivity index is 1.69. The summed E-state index contributed by atoms with van der Waals surface area (Å²) in [5.74, 6) is 0.921. The molecule has 1 fully saturated rings. The van der Waals surface area contributed by atoms with Gasteiger partial charge in [0.25, 0.3) is 0 Å². The number of hydrogen-bond donors (Lipinski definition) is 2. The molecule has 0 bridgehead atoms. The number of pyridine rings is 1. The lowest BCUT2D eigenvalue weighted by Gasteiger charge is -2.32. The van der Waals surface area contributed by atoms with Gasteiger partial charge in [0.05, 0.1) is 5.02 Å². The first-order valence-corrected chi connectivity index (χ1v) is 9.31. The summed E-state index contributed by atoms with van der Waals surface area (Å²) in [6.07, 6.45) is 4.44. The molecule has 1 aromatic heterocycles. The van der Waals surface area contributed by atoms with Crippen LogP contribution in [0.1, 0.15) is 39.5 Å². The molecule has 2 heterocycles. The van der Waals surface area contributed by atoms with Crippen molar-refractivity contribution in [3.63, 3.8) is 0 Å². The van der Waals surface area contributed by atoms with Crippen LogP contribution >= 0.6 is 11.6 Å². The Morgan fingerprint density at radius 1 is 1.36 bits per heavy atom. The van der Waals surface area contributed by atoms with Gasteiger partial charge in [0.1, 0.15) is 5.82 Å². The van der Waals surface area contributed by atoms with Crippen LogP contribution in [0.4, 0.5) is 5.82 Å². The van der Waals surface area contributed by atoms with Crippen LogP contribution in [0.15, 0.2) is 18.3 Å². The first-order valence-electron chi connectivity index (χ1n) is 8.93. The molecule has 0 aromatic carbocycles. The van der Waals surface area contributed by atoms with E-state index in [2.05, 4.69) is 20.5 Å². The number of nitrogens with zero attached hydrogens (tertiary/aromatic N) is 2. The minimum atomic E-state index is -0.0155. The van der Waals surface area contributed by atoms with Gasteiger partial charge in [-0.2, -0.15) is 0 Å². The molecular weight excluding hydrogens is 340 g/mol. The van der Waals surface area contributed by atoms with Crippen molar-refractivity contribution in [1.29, 1.82) is 0 Å². The number of anilines is 1. The summed E-state index contributed by atoms with van der Waals surface area (Å²) in [5, 5.41) is 6.40. The maximum Gasteiger partial charge on any atom is 0.223 e. The molecule has 1 atom stereocenters. The number of carbonyl (C=O) groups excluding carboxylic acids is 2. The number of rotatable bonds is 7. The largest absolute Gasteiger partial charge is 0.357 e. The maximum atomic E-state index is 12.3. The van der Waals surface area contributed by atoms with Gasteiger partial charge in [-0.05, 0) is 38.3 Å². The Morgan fingerprint density at radius 3 is 2.68 bits per heavy atom. The summed E-state index contributed by atoms with van der Waals surface area (Å²) in [5.41, 5.74) is 0. The second-order valence-corrected chi connectivity index (χ2v) is 6.95. The van der Waals surface area contributed by atoms with Gasteiger partial charge in [-0.3, -0.25) is 9.59 Å². The quantitative estimate of drug-likeness (QED) is 0.777. The fourth-order valence-corrected chi connectivity index (χ4v) is 2.93. The molecule has 2 rings (SSSR count). The second-order valence-electron chi connectivity index (χ2n) is 6.51. The molecular formula is C18H27ClN4O2. The van der Waals surface area contributed by atoms with E-state index in [1.807, 2.05) is 26.0 Å². The molecule has 1 saturated heterocycles. The Kier molecular flexibility index (Phi) is 7.50. The summed E-state index contributed by atoms with van der Waals surface area (Å²) in [6, 6.07) is 3.90. The normalized spacial score (nSPS) is 16.4. The van der Waals surface area contributed by atoms with Gasteiger partial charge in [0, 0.05) is 44.2 Å². The molecule has 6 nitrogen and oxygen atoms in total. The van der Waals surface area contributed by atoms with Gasteiger partial charge in [0.2, 0.25) is 11.8 Å². The lowest BCUT2D eigenvalue weighted by atomic mass is 9.96. The van der Waals surface area contributed by atoms with Crippen molar-refractivity contribution >= 4 is 29.2 Å². The molecule has 1 unspecified atom stereocenters. The van der Waals surface area contributed by atoms with Crippen LogP contribution in [0.2, 0.25) is 5.02 Å². The van der Waals surface area contributed by atoms with Crippen molar-refractivity contribution < 1.29 is 9.59 Å². The van der Waals surface area contributed by atoms with Crippen LogP contribution in [-0.4, -0.2) is 42.5 Å². The van der Waals surface area contributed by atoms with Crippen LogP contribution in [0.25, 0.3) is 0 Å². The fraction of sp³-hybridized carbons (Fsp3) is 0.611. The molecule has 138 valence electrons. The number of nitrogens with one attached hydrogen (secondary N) is 2. The Hall–Kier alpha value is -1.82. The third-order valence-corrected chi connectivity index (χ3v) is 4.80. The zero-order valence-electron chi connectivity index (χ0n) is 14.9. The Labute approximate surface area is 154 Å². The van der Waals surface area contributed by atoms with Crippen molar-refractivity contribution in [2.75, 3.05) is 24.5 Å². The van der Waals surface area contributed by atoms with E-state index in [1.165, 1.54) is 0 Å². The number of halogens is 1. The first-order chi connectivity index (χ1) is 12.0. The van der Waals surface area contributed by atoms with Gasteiger partial charge in [0.15, 0.2) is 0 Å². The monoisotopic (exact) mass is 366 g/mol. The molecule has 0 saturated carbocycles. The van der Waals surface area contributed by atoms with E-state index in [-0.39, 0.29) is 23.8 Å². The zero-order chi connectivity index (χ0) is 18.2. The molecule has 2 N–H and O–H groups in total. The molecule has 2 amide bonds. The summed E-state index contributed by atoms with van der Waals surface area (Å²) in [7, 11) is 0. The third kappa shape index (κ3) is 6.20. The molecule has 1 aromatic rings. The van der Waals surface area contributed by atoms with E-state index in [1.54, 1.807) is 6.20 Å². The first kappa shape index (κ1) is 19.5. The number of amides is 2. The fourth-order valence-electron chi connectivity index (χ4n) is 2.82. The standard InChI is InChI=1S/C18H27ClN4O2/c1-3-13(2)22-17(24)6-9-20-18(25)14-7-10-23(11-8-14)16-5-4-15(19)12-21-16/h4-5,12-14H,3,6-11H2,1-2H3,(H,20,25)(H,22,24). The molecule has 25 heavy (non-hydrogen) atoms. The predicted octanol–water partition coefficient (Wildman–Crippen LogP) is 2.37. The summed E-state index contributed by atoms with van der Waals surface area (Å²) in [4.78, 5) is 30.4. The highest BCUT2D eigenvalue weighted by molar-refractivity contribution is 6.30. The van der Waals surface area contributed by atoms with Gasteiger partial charge in [-0.1, -0.05) is 18.5 Å². The van der Waals surface area contributed by atoms with E-state index in [0.717, 1.165) is 38.2 Å². The van der Waals surface area contributed by atoms with Crippen molar-refractivity contribution in [3.8, 4) is 0 Å². The number of carbonyl (C=O) groups is 2. The summed E-state index contributed by atoms with van der Waals surface area (Å²) < 4.78 is 0. The highest BCUT2D eigenvalue weighted by Crippen LogP contribution is 2.22. The smallest absolute Gasteiger partial charge is 0.223 e. The molecule has 1 aliphatic rings. The zero-order valence-corrected chi connectivity index (χ0v) is 15.7. The average molecular weight is 367 g/mol. The lowest BCUT2D eigenvalue weighted by molar-refractivity contribution is -0.126. The summed E-state index contributed by atoms with van der Waals surface area (Å²) >= 11 is 5.86. The SMILES string of the molecule is CCC(C)NC(=O)CCNC(=O)C1CCN(c2ccc(Cl)cn2)CC1. The predicted molar refractivity (Wildman–Crippen MR) is 99.7 cm³/mol. The third-order valence-electron chi connectivity index (χ3n) is 4.57. The van der Waals surface area contributed by atoms with E-state index in [0.29, 0.717) is 18.0 Å². The van der Waals surface area contributed by atoms with Crippen LogP contribution in [0.3, 0.4) is 0 Å². The van der Waals surface area contributed by atoms with Gasteiger partial charge in [-0.15, -0.1) is 0 Å². The summed E-state index contributed by atoms with van der Waals surface area (Å²) in [6.45, 7) is 5.97. The van der Waals surface area contributed by atoms with Crippen molar-refractivity contribution in [1.82, 2.24) is 15.6 Å². The van der Waals surface area contributed by atoms with Crippen molar-refractivity contribution in [2.45, 2.75) is 45.6 Å². The van der Waals surface area contributed by atoms with E-state index >= 15 is 0 Å². The van der Waals surface area contributed by atoms with Gasteiger partial charge in [-0.25, -0.2) is 4.98 Å². The molecule has 0 radical (unpaired) electrons. The second kappa shape index (κ2) is 9.61. The minimum Gasteiger partial charge on any atom is -0.357 e. The highest BCUT2D eigenvalue weighted by atomic mass is 35.5. The van der Waals surface area contributed by atoms with E-state index in [4.69, 9.17) is 11.6 Å². The van der Waals surface area contributed by atoms with Crippen LogP contribution in [0.5, 0.6) is 0 Å². The average Bonchev–Trinajstić information content (AvgIpc) is 2.62. The number of hydrogen-bond acceptors (Lipinski definition) is 4. The molecule has 7 heteroatoms. The Morgan fingerprint density at radius 2 is 2.08 bits per heavy atom. The highest BCUT2D eigenvalue weighted by Gasteiger charge is 2.25. The lowest BCUT2D eigenvalue weighted by Crippen LogP contribution is -2.42. The van der Waals surface area contributed by atoms with E-state index in [9.17, 15) is 9.59 Å². The topological polar surface area (TPSA) is 74.3 Å². The molecule has 0 aliphatic carbocycles. The maximum absolute atomic E-state index is 12.3. The molecule has 1 aliphatic heterocycles. The van der Waals surface area contributed by atoms with Crippen LogP contribution in [-0.2, 0) is 9.59 Å². The van der Waals surface area contributed by atoms with Crippen molar-refractivity contribution in [3.05, 3.63) is 23.4 Å². The van der Waals surface area contributed by atoms with Crippen LogP contribution in [0, 0.1) is 5.92 Å². The minimum absolute atomic E-state index is 0.00109. The van der Waals surface area contributed by atoms with Crippen molar-refractivity contribution in [2.24, 2.45) is 5.92 Å². The Bertz CT molecular complexity index is 571. The number of aromatic nitrogens is 1. The van der Waals surface area contributed by atoms with Gasteiger partial charge >= 0.3 is 0 Å². The van der Waals surface area contributed by atoms with Gasteiger partial charge < -0.3 is 15.5 Å².